The van der Waals surface area contributed by atoms with E-state index in [-0.39, 0.29) is 47.6 Å². The van der Waals surface area contributed by atoms with E-state index in [9.17, 15) is 18.4 Å². The first kappa shape index (κ1) is 59.0. The number of H-pyrrole nitrogens is 1. The summed E-state index contributed by atoms with van der Waals surface area (Å²) >= 11 is 5.32. The molecule has 0 spiro atoms. The highest BCUT2D eigenvalue weighted by Crippen LogP contribution is 2.29. The highest BCUT2D eigenvalue weighted by Gasteiger charge is 2.36. The number of aromatic nitrogens is 4. The van der Waals surface area contributed by atoms with Gasteiger partial charge in [-0.2, -0.15) is 0 Å². The number of benzene rings is 2. The van der Waals surface area contributed by atoms with Crippen molar-refractivity contribution in [2.45, 2.75) is 123 Å². The molecule has 0 radical (unpaired) electrons. The number of pyridine rings is 2. The largest absolute Gasteiger partial charge is 0.494 e. The number of methoxy groups -OCH3 is 2. The summed E-state index contributed by atoms with van der Waals surface area (Å²) in [6, 6.07) is 23.7. The summed E-state index contributed by atoms with van der Waals surface area (Å²) in [6.45, 7) is 28.4. The number of carbonyl (C=O) groups excluding carboxylic acids is 2. The van der Waals surface area contributed by atoms with E-state index in [1.54, 1.807) is 20.4 Å². The van der Waals surface area contributed by atoms with Gasteiger partial charge in [0.1, 0.15) is 24.4 Å². The van der Waals surface area contributed by atoms with E-state index in [4.69, 9.17) is 35.5 Å². The molecule has 2 saturated heterocycles. The zero-order valence-corrected chi connectivity index (χ0v) is 48.8. The molecule has 2 aliphatic heterocycles. The first-order valence-corrected chi connectivity index (χ1v) is 33.9. The number of fused-ring (bicyclic) bond motifs is 2. The Bertz CT molecular complexity index is 2790. The van der Waals surface area contributed by atoms with Crippen LogP contribution in [0.25, 0.3) is 22.1 Å². The van der Waals surface area contributed by atoms with E-state index in [2.05, 4.69) is 79.8 Å². The third-order valence-corrected chi connectivity index (χ3v) is 17.3. The van der Waals surface area contributed by atoms with Crippen molar-refractivity contribution in [1.29, 1.82) is 0 Å². The number of carbonyl (C=O) groups is 2. The minimum Gasteiger partial charge on any atom is -0.494 e. The lowest BCUT2D eigenvalue weighted by Gasteiger charge is -2.44. The van der Waals surface area contributed by atoms with Gasteiger partial charge in [0.05, 0.1) is 36.3 Å². The summed E-state index contributed by atoms with van der Waals surface area (Å²) in [6.07, 6.45) is 3.74. The van der Waals surface area contributed by atoms with Crippen LogP contribution in [-0.4, -0.2) is 151 Å². The molecule has 75 heavy (non-hydrogen) atoms. The van der Waals surface area contributed by atoms with Crippen LogP contribution in [0.2, 0.25) is 51.4 Å². The molecule has 0 unspecified atom stereocenters. The molecule has 2 aliphatic rings. The number of alkyl halides is 1. The van der Waals surface area contributed by atoms with Crippen molar-refractivity contribution >= 4 is 61.6 Å². The summed E-state index contributed by atoms with van der Waals surface area (Å²) < 4.78 is 50.5. The standard InChI is InChI=1S/C28H39FN4O3Si.C22H25FN4O2.C6H15ClOSi/c1-20-17-33(21(2)16-32(20)18-22-7-9-23(29)10-8-22)28(34)27-26(35-3)15-25-24(30-27)11-12-31(25)19-36-13-14-37(4,5)6;1-14-12-27(15(2)11-26(14)13-16-4-6-17(23)7-5-16)22(28)21-20(29-3)10-19-18(25-21)8-9-24-19;1-9(2,3)5-4-8-6-7/h7-12,15,20-21H,13-14,16-19H2,1-6H3;4-10,14-15,24H,11-13H2,1-3H3;4-6H2,1-3H3/t20-,21+;14-,15+;/m00./s1. The Kier molecular flexibility index (Phi) is 21.0. The lowest BCUT2D eigenvalue weighted by molar-refractivity contribution is 0.0280. The van der Waals surface area contributed by atoms with Crippen LogP contribution in [0.1, 0.15) is 59.8 Å². The van der Waals surface area contributed by atoms with Gasteiger partial charge in [-0.05, 0) is 87.3 Å². The molecule has 0 saturated carbocycles. The van der Waals surface area contributed by atoms with Gasteiger partial charge in [-0.3, -0.25) is 19.4 Å². The number of piperazine rings is 2. The molecule has 19 heteroatoms. The Morgan fingerprint density at radius 3 is 1.57 bits per heavy atom. The zero-order valence-electron chi connectivity index (χ0n) is 46.1. The number of hydrogen-bond donors (Lipinski definition) is 1. The molecule has 4 aromatic heterocycles. The maximum atomic E-state index is 13.7. The number of amides is 2. The Balaban J connectivity index is 0.000000214. The van der Waals surface area contributed by atoms with Crippen molar-refractivity contribution in [2.24, 2.45) is 0 Å². The fourth-order valence-corrected chi connectivity index (χ4v) is 10.7. The minimum atomic E-state index is -1.15. The second-order valence-electron chi connectivity index (χ2n) is 22.3. The number of halogens is 3. The van der Waals surface area contributed by atoms with Crippen LogP contribution >= 0.6 is 11.6 Å². The molecule has 8 rings (SSSR count). The van der Waals surface area contributed by atoms with Crippen molar-refractivity contribution < 1.29 is 37.3 Å². The van der Waals surface area contributed by atoms with Crippen molar-refractivity contribution in [1.82, 2.24) is 39.1 Å². The van der Waals surface area contributed by atoms with Gasteiger partial charge in [0, 0.05) is 117 Å². The van der Waals surface area contributed by atoms with E-state index < -0.39 is 16.1 Å². The summed E-state index contributed by atoms with van der Waals surface area (Å²) in [5.74, 6) is 0.228. The minimum absolute atomic E-state index is 0.00397. The zero-order chi connectivity index (χ0) is 54.6. The number of rotatable bonds is 17. The fraction of sp³-hybridized carbons (Fsp3) is 0.500. The molecule has 2 amide bonds. The molecule has 2 aromatic carbocycles. The molecule has 0 bridgehead atoms. The van der Waals surface area contributed by atoms with Gasteiger partial charge in [0.15, 0.2) is 22.9 Å². The van der Waals surface area contributed by atoms with Gasteiger partial charge in [-0.1, -0.05) is 75.1 Å². The van der Waals surface area contributed by atoms with Crippen LogP contribution in [0.4, 0.5) is 8.78 Å². The van der Waals surface area contributed by atoms with Crippen LogP contribution in [0.3, 0.4) is 0 Å². The van der Waals surface area contributed by atoms with Gasteiger partial charge in [-0.15, -0.1) is 0 Å². The van der Waals surface area contributed by atoms with Crippen molar-refractivity contribution in [3.05, 3.63) is 119 Å². The number of nitrogens with one attached hydrogen (secondary N) is 1. The molecule has 6 aromatic rings. The predicted molar refractivity (Wildman–Crippen MR) is 301 cm³/mol. The van der Waals surface area contributed by atoms with Gasteiger partial charge >= 0.3 is 0 Å². The number of aromatic amines is 1. The SMILES string of the molecule is COc1cc2[nH]ccc2nc1C(=O)N1C[C@H](C)N(Cc2ccc(F)cc2)C[C@H]1C.COc1cc2c(ccn2COCC[Si](C)(C)C)nc1C(=O)N1C[C@H](C)N(Cc2ccc(F)cc2)C[C@H]1C.C[Si](C)(C)CCOCCl. The smallest absolute Gasteiger partial charge is 0.276 e. The lowest BCUT2D eigenvalue weighted by Crippen LogP contribution is -2.57. The summed E-state index contributed by atoms with van der Waals surface area (Å²) in [4.78, 5) is 47.8. The topological polar surface area (TPSA) is 131 Å². The molecule has 14 nitrogen and oxygen atoms in total. The highest BCUT2D eigenvalue weighted by atomic mass is 35.5. The average Bonchev–Trinajstić information content (AvgIpc) is 4.01. The number of ether oxygens (including phenoxy) is 4. The first-order valence-electron chi connectivity index (χ1n) is 25.9. The maximum Gasteiger partial charge on any atom is 0.276 e. The second-order valence-corrected chi connectivity index (χ2v) is 33.7. The predicted octanol–water partition coefficient (Wildman–Crippen LogP) is 11.2. The number of hydrogen-bond acceptors (Lipinski definition) is 10. The first-order chi connectivity index (χ1) is 35.6. The Hall–Kier alpha value is -5.22. The average molecular weight is 1090 g/mol. The van der Waals surface area contributed by atoms with Crippen molar-refractivity contribution in [2.75, 3.05) is 59.7 Å². The van der Waals surface area contributed by atoms with Gasteiger partial charge in [-0.25, -0.2) is 18.7 Å². The third-order valence-electron chi connectivity index (χ3n) is 13.7. The quantitative estimate of drug-likeness (QED) is 0.0535. The van der Waals surface area contributed by atoms with E-state index in [1.165, 1.54) is 30.3 Å². The van der Waals surface area contributed by atoms with Crippen LogP contribution in [0.5, 0.6) is 11.5 Å². The summed E-state index contributed by atoms with van der Waals surface area (Å²) in [7, 11) is 1.10. The number of nitrogens with zero attached hydrogens (tertiary/aromatic N) is 7. The maximum absolute atomic E-state index is 13.7. The van der Waals surface area contributed by atoms with Crippen LogP contribution < -0.4 is 9.47 Å². The molecule has 2 fully saturated rings. The van der Waals surface area contributed by atoms with E-state index >= 15 is 0 Å². The lowest BCUT2D eigenvalue weighted by atomic mass is 10.1. The van der Waals surface area contributed by atoms with E-state index in [0.717, 1.165) is 78.6 Å². The highest BCUT2D eigenvalue weighted by molar-refractivity contribution is 6.76. The molecule has 6 heterocycles. The van der Waals surface area contributed by atoms with Crippen LogP contribution in [0, 0.1) is 11.6 Å². The van der Waals surface area contributed by atoms with Crippen molar-refractivity contribution in [3.8, 4) is 11.5 Å². The summed E-state index contributed by atoms with van der Waals surface area (Å²) in [5.41, 5.74) is 5.99. The van der Waals surface area contributed by atoms with Gasteiger partial charge < -0.3 is 38.3 Å². The molecule has 0 aliphatic carbocycles. The Morgan fingerprint density at radius 1 is 0.640 bits per heavy atom. The second kappa shape index (κ2) is 26.7. The Labute approximate surface area is 449 Å². The van der Waals surface area contributed by atoms with E-state index in [1.807, 2.05) is 76.0 Å². The molecular formula is C56H79ClF2N8O6Si2. The van der Waals surface area contributed by atoms with Crippen molar-refractivity contribution in [3.63, 3.8) is 0 Å². The van der Waals surface area contributed by atoms with E-state index in [0.29, 0.717) is 48.8 Å². The fourth-order valence-electron chi connectivity index (χ4n) is 9.08. The summed E-state index contributed by atoms with van der Waals surface area (Å²) in [5, 5.41) is 0. The molecule has 1 N–H and O–H groups in total. The normalized spacial score (nSPS) is 18.6. The van der Waals surface area contributed by atoms with Gasteiger partial charge in [0.25, 0.3) is 11.8 Å². The Morgan fingerprint density at radius 2 is 1.11 bits per heavy atom. The van der Waals surface area contributed by atoms with Crippen LogP contribution in [0.15, 0.2) is 85.2 Å². The monoisotopic (exact) mass is 1090 g/mol. The van der Waals surface area contributed by atoms with Gasteiger partial charge in [0.2, 0.25) is 0 Å². The van der Waals surface area contributed by atoms with Crippen LogP contribution in [-0.2, 0) is 29.3 Å². The molecule has 4 atom stereocenters. The molecule has 408 valence electrons. The third kappa shape index (κ3) is 16.6. The molecular weight excluding hydrogens is 1010 g/mol.